The SMILES string of the molecule is O=C(O)c1cccc(CCNC(=O)N(CCO)CCO)c1. The third kappa shape index (κ3) is 5.80. The number of nitrogens with zero attached hydrogens (tertiary/aromatic N) is 1. The Morgan fingerprint density at radius 2 is 1.81 bits per heavy atom. The number of amides is 2. The third-order valence-electron chi connectivity index (χ3n) is 2.89. The zero-order valence-corrected chi connectivity index (χ0v) is 11.7. The van der Waals surface area contributed by atoms with E-state index in [4.69, 9.17) is 15.3 Å². The van der Waals surface area contributed by atoms with Gasteiger partial charge in [0, 0.05) is 19.6 Å². The smallest absolute Gasteiger partial charge is 0.335 e. The molecule has 116 valence electrons. The number of hydrogen-bond acceptors (Lipinski definition) is 4. The molecule has 0 aliphatic rings. The largest absolute Gasteiger partial charge is 0.478 e. The summed E-state index contributed by atoms with van der Waals surface area (Å²) in [7, 11) is 0. The van der Waals surface area contributed by atoms with Crippen LogP contribution in [0.3, 0.4) is 0 Å². The van der Waals surface area contributed by atoms with Crippen molar-refractivity contribution < 1.29 is 24.9 Å². The van der Waals surface area contributed by atoms with Gasteiger partial charge >= 0.3 is 12.0 Å². The van der Waals surface area contributed by atoms with Gasteiger partial charge in [0.05, 0.1) is 18.8 Å². The van der Waals surface area contributed by atoms with Crippen molar-refractivity contribution in [2.45, 2.75) is 6.42 Å². The second-order valence-corrected chi connectivity index (χ2v) is 4.42. The van der Waals surface area contributed by atoms with Crippen LogP contribution in [-0.4, -0.2) is 65.1 Å². The minimum Gasteiger partial charge on any atom is -0.478 e. The standard InChI is InChI=1S/C14H20N2O5/c17-8-6-16(7-9-18)14(21)15-5-4-11-2-1-3-12(10-11)13(19)20/h1-3,10,17-18H,4-9H2,(H,15,21)(H,19,20). The zero-order chi connectivity index (χ0) is 15.7. The molecule has 1 aromatic carbocycles. The molecule has 7 nitrogen and oxygen atoms in total. The Morgan fingerprint density at radius 3 is 2.38 bits per heavy atom. The molecule has 4 N–H and O–H groups in total. The Morgan fingerprint density at radius 1 is 1.14 bits per heavy atom. The summed E-state index contributed by atoms with van der Waals surface area (Å²) in [5.74, 6) is -0.988. The van der Waals surface area contributed by atoms with Crippen molar-refractivity contribution in [2.75, 3.05) is 32.8 Å². The molecule has 0 fully saturated rings. The van der Waals surface area contributed by atoms with Crippen LogP contribution in [0.2, 0.25) is 0 Å². The predicted molar refractivity (Wildman–Crippen MR) is 76.2 cm³/mol. The Hall–Kier alpha value is -2.12. The van der Waals surface area contributed by atoms with Crippen molar-refractivity contribution in [1.29, 1.82) is 0 Å². The molecule has 0 aromatic heterocycles. The summed E-state index contributed by atoms with van der Waals surface area (Å²) >= 11 is 0. The molecule has 1 aromatic rings. The first-order valence-electron chi connectivity index (χ1n) is 6.65. The Balaban J connectivity index is 2.46. The van der Waals surface area contributed by atoms with Gasteiger partial charge in [0.15, 0.2) is 0 Å². The highest BCUT2D eigenvalue weighted by atomic mass is 16.4. The molecule has 0 unspecified atom stereocenters. The molecular formula is C14H20N2O5. The molecule has 21 heavy (non-hydrogen) atoms. The average Bonchev–Trinajstić information content (AvgIpc) is 2.47. The van der Waals surface area contributed by atoms with Gasteiger partial charge in [-0.1, -0.05) is 12.1 Å². The van der Waals surface area contributed by atoms with E-state index in [1.807, 2.05) is 0 Å². The molecule has 1 rings (SSSR count). The fourth-order valence-corrected chi connectivity index (χ4v) is 1.84. The van der Waals surface area contributed by atoms with Crippen LogP contribution in [0.5, 0.6) is 0 Å². The second kappa shape index (κ2) is 8.93. The number of rotatable bonds is 8. The summed E-state index contributed by atoms with van der Waals surface area (Å²) in [5.41, 5.74) is 1.02. The van der Waals surface area contributed by atoms with Crippen LogP contribution >= 0.6 is 0 Å². The summed E-state index contributed by atoms with van der Waals surface area (Å²) in [6, 6.07) is 6.15. The van der Waals surface area contributed by atoms with Gasteiger partial charge in [0.25, 0.3) is 0 Å². The lowest BCUT2D eigenvalue weighted by Gasteiger charge is -2.21. The Kier molecular flexibility index (Phi) is 7.20. The number of carbonyl (C=O) groups excluding carboxylic acids is 1. The molecule has 0 atom stereocenters. The monoisotopic (exact) mass is 296 g/mol. The van der Waals surface area contributed by atoms with E-state index in [9.17, 15) is 9.59 Å². The number of hydrogen-bond donors (Lipinski definition) is 4. The van der Waals surface area contributed by atoms with Gasteiger partial charge < -0.3 is 25.5 Å². The number of carboxylic acids is 1. The highest BCUT2D eigenvalue weighted by Crippen LogP contribution is 2.05. The normalized spacial score (nSPS) is 10.2. The van der Waals surface area contributed by atoms with Crippen molar-refractivity contribution in [2.24, 2.45) is 0 Å². The van der Waals surface area contributed by atoms with E-state index in [-0.39, 0.29) is 37.9 Å². The lowest BCUT2D eigenvalue weighted by Crippen LogP contribution is -2.43. The molecule has 0 spiro atoms. The molecule has 0 saturated heterocycles. The van der Waals surface area contributed by atoms with Crippen LogP contribution < -0.4 is 5.32 Å². The Labute approximate surface area is 122 Å². The van der Waals surface area contributed by atoms with Crippen LogP contribution in [0.15, 0.2) is 24.3 Å². The van der Waals surface area contributed by atoms with Crippen LogP contribution in [0.25, 0.3) is 0 Å². The lowest BCUT2D eigenvalue weighted by molar-refractivity contribution is 0.0696. The van der Waals surface area contributed by atoms with Crippen molar-refractivity contribution in [1.82, 2.24) is 10.2 Å². The van der Waals surface area contributed by atoms with Crippen LogP contribution in [0.4, 0.5) is 4.79 Å². The summed E-state index contributed by atoms with van der Waals surface area (Å²) in [4.78, 5) is 23.9. The molecule has 0 heterocycles. The van der Waals surface area contributed by atoms with E-state index in [1.165, 1.54) is 11.0 Å². The lowest BCUT2D eigenvalue weighted by atomic mass is 10.1. The quantitative estimate of drug-likeness (QED) is 0.536. The summed E-state index contributed by atoms with van der Waals surface area (Å²) in [5, 5.41) is 29.2. The van der Waals surface area contributed by atoms with Gasteiger partial charge in [-0.25, -0.2) is 9.59 Å². The van der Waals surface area contributed by atoms with Crippen LogP contribution in [-0.2, 0) is 6.42 Å². The van der Waals surface area contributed by atoms with Gasteiger partial charge in [-0.15, -0.1) is 0 Å². The molecule has 0 bridgehead atoms. The van der Waals surface area contributed by atoms with Crippen LogP contribution in [0.1, 0.15) is 15.9 Å². The number of aliphatic hydroxyl groups is 2. The maximum atomic E-state index is 11.8. The summed E-state index contributed by atoms with van der Waals surface area (Å²) < 4.78 is 0. The number of carboxylic acid groups (broad SMARTS) is 1. The van der Waals surface area contributed by atoms with Gasteiger partial charge in [0.2, 0.25) is 0 Å². The molecule has 0 aliphatic heterocycles. The van der Waals surface area contributed by atoms with E-state index >= 15 is 0 Å². The number of carbonyl (C=O) groups is 2. The number of benzene rings is 1. The summed E-state index contributed by atoms with van der Waals surface area (Å²) in [6.07, 6.45) is 0.499. The predicted octanol–water partition coefficient (Wildman–Crippen LogP) is -0.0765. The fourth-order valence-electron chi connectivity index (χ4n) is 1.84. The highest BCUT2D eigenvalue weighted by molar-refractivity contribution is 5.87. The van der Waals surface area contributed by atoms with Crippen molar-refractivity contribution in [3.8, 4) is 0 Å². The first kappa shape index (κ1) is 16.9. The minimum absolute atomic E-state index is 0.154. The maximum Gasteiger partial charge on any atom is 0.335 e. The molecule has 0 aliphatic carbocycles. The van der Waals surface area contributed by atoms with Gasteiger partial charge in [-0.2, -0.15) is 0 Å². The first-order valence-corrected chi connectivity index (χ1v) is 6.65. The van der Waals surface area contributed by atoms with Crippen molar-refractivity contribution in [3.05, 3.63) is 35.4 Å². The van der Waals surface area contributed by atoms with Gasteiger partial charge in [0.1, 0.15) is 0 Å². The highest BCUT2D eigenvalue weighted by Gasteiger charge is 2.11. The Bertz CT molecular complexity index is 472. The fraction of sp³-hybridized carbons (Fsp3) is 0.429. The second-order valence-electron chi connectivity index (χ2n) is 4.42. The van der Waals surface area contributed by atoms with Gasteiger partial charge in [-0.3, -0.25) is 0 Å². The number of aromatic carboxylic acids is 1. The number of nitrogens with one attached hydrogen (secondary N) is 1. The summed E-state index contributed by atoms with van der Waals surface area (Å²) in [6.45, 7) is 0.305. The van der Waals surface area contributed by atoms with Crippen LogP contribution in [0, 0.1) is 0 Å². The van der Waals surface area contributed by atoms with Gasteiger partial charge in [-0.05, 0) is 24.1 Å². The van der Waals surface area contributed by atoms with E-state index in [2.05, 4.69) is 5.32 Å². The average molecular weight is 296 g/mol. The van der Waals surface area contributed by atoms with Crippen molar-refractivity contribution >= 4 is 12.0 Å². The first-order chi connectivity index (χ1) is 10.1. The zero-order valence-electron chi connectivity index (χ0n) is 11.7. The van der Waals surface area contributed by atoms with E-state index < -0.39 is 5.97 Å². The maximum absolute atomic E-state index is 11.8. The molecule has 0 radical (unpaired) electrons. The van der Waals surface area contributed by atoms with E-state index in [1.54, 1.807) is 18.2 Å². The van der Waals surface area contributed by atoms with Crippen molar-refractivity contribution in [3.63, 3.8) is 0 Å². The minimum atomic E-state index is -0.988. The molecule has 2 amide bonds. The molecular weight excluding hydrogens is 276 g/mol. The van der Waals surface area contributed by atoms with E-state index in [0.717, 1.165) is 5.56 Å². The van der Waals surface area contributed by atoms with E-state index in [0.29, 0.717) is 13.0 Å². The molecule has 0 saturated carbocycles. The third-order valence-corrected chi connectivity index (χ3v) is 2.89. The number of urea groups is 1. The topological polar surface area (TPSA) is 110 Å². The number of aliphatic hydroxyl groups excluding tert-OH is 2. The molecule has 7 heteroatoms.